The zero-order valence-electron chi connectivity index (χ0n) is 12.4. The van der Waals surface area contributed by atoms with E-state index in [-0.39, 0.29) is 23.8 Å². The van der Waals surface area contributed by atoms with Gasteiger partial charge in [-0.3, -0.25) is 9.59 Å². The normalized spacial score (nSPS) is 21.3. The third kappa shape index (κ3) is 3.82. The van der Waals surface area contributed by atoms with Gasteiger partial charge in [0.05, 0.1) is 23.3 Å². The highest BCUT2D eigenvalue weighted by Crippen LogP contribution is 2.27. The summed E-state index contributed by atoms with van der Waals surface area (Å²) in [6, 6.07) is 6.94. The molecule has 5 nitrogen and oxygen atoms in total. The lowest BCUT2D eigenvalue weighted by Gasteiger charge is -2.17. The molecule has 21 heavy (non-hydrogen) atoms. The van der Waals surface area contributed by atoms with Crippen molar-refractivity contribution in [1.29, 1.82) is 0 Å². The van der Waals surface area contributed by atoms with Crippen LogP contribution < -0.4 is 10.6 Å². The number of hydrogen-bond donors (Lipinski definition) is 3. The van der Waals surface area contributed by atoms with Gasteiger partial charge in [-0.15, -0.1) is 0 Å². The Balaban J connectivity index is 2.13. The van der Waals surface area contributed by atoms with Gasteiger partial charge >= 0.3 is 0 Å². The van der Waals surface area contributed by atoms with Crippen LogP contribution in [0.5, 0.6) is 0 Å². The Morgan fingerprint density at radius 2 is 1.95 bits per heavy atom. The van der Waals surface area contributed by atoms with E-state index in [1.54, 1.807) is 24.3 Å². The lowest BCUT2D eigenvalue weighted by molar-refractivity contribution is -0.122. The van der Waals surface area contributed by atoms with Crippen molar-refractivity contribution in [2.75, 3.05) is 5.32 Å². The molecule has 0 heterocycles. The fraction of sp³-hybridized carbons (Fsp3) is 0.500. The predicted octanol–water partition coefficient (Wildman–Crippen LogP) is 1.92. The third-order valence-electron chi connectivity index (χ3n) is 3.67. The second-order valence-electron chi connectivity index (χ2n) is 5.77. The van der Waals surface area contributed by atoms with Crippen LogP contribution in [0, 0.1) is 5.92 Å². The quantitative estimate of drug-likeness (QED) is 0.792. The molecule has 0 spiro atoms. The average Bonchev–Trinajstić information content (AvgIpc) is 2.84. The molecular weight excluding hydrogens is 268 g/mol. The molecule has 1 fully saturated rings. The number of rotatable bonds is 4. The first-order valence-corrected chi connectivity index (χ1v) is 7.38. The Morgan fingerprint density at radius 1 is 1.24 bits per heavy atom. The summed E-state index contributed by atoms with van der Waals surface area (Å²) in [6.45, 7) is 3.77. The number of aliphatic hydroxyl groups excluding tert-OH is 1. The van der Waals surface area contributed by atoms with Crippen molar-refractivity contribution < 1.29 is 14.7 Å². The number of nitrogens with one attached hydrogen (secondary N) is 2. The average molecular weight is 290 g/mol. The van der Waals surface area contributed by atoms with Gasteiger partial charge in [-0.05, 0) is 45.2 Å². The smallest absolute Gasteiger partial charge is 0.253 e. The third-order valence-corrected chi connectivity index (χ3v) is 3.67. The largest absolute Gasteiger partial charge is 0.392 e. The topological polar surface area (TPSA) is 78.4 Å². The summed E-state index contributed by atoms with van der Waals surface area (Å²) >= 11 is 0. The lowest BCUT2D eigenvalue weighted by atomic mass is 10.0. The number of carbonyl (C=O) groups excluding carboxylic acids is 2. The zero-order valence-corrected chi connectivity index (χ0v) is 12.4. The van der Waals surface area contributed by atoms with E-state index < -0.39 is 6.10 Å². The van der Waals surface area contributed by atoms with E-state index in [9.17, 15) is 14.7 Å². The number of aliphatic hydroxyl groups is 1. The van der Waals surface area contributed by atoms with Crippen molar-refractivity contribution in [2.45, 2.75) is 45.3 Å². The summed E-state index contributed by atoms with van der Waals surface area (Å²) in [5.41, 5.74) is 0.923. The molecule has 3 N–H and O–H groups in total. The van der Waals surface area contributed by atoms with Gasteiger partial charge in [0.25, 0.3) is 5.91 Å². The molecule has 0 aromatic heterocycles. The van der Waals surface area contributed by atoms with Gasteiger partial charge in [0.2, 0.25) is 5.91 Å². The minimum atomic E-state index is -0.582. The van der Waals surface area contributed by atoms with Gasteiger partial charge < -0.3 is 15.7 Å². The summed E-state index contributed by atoms with van der Waals surface area (Å²) in [5, 5.41) is 15.4. The van der Waals surface area contributed by atoms with Crippen molar-refractivity contribution in [1.82, 2.24) is 5.32 Å². The molecule has 2 amide bonds. The van der Waals surface area contributed by atoms with Crippen LogP contribution in [0.2, 0.25) is 0 Å². The van der Waals surface area contributed by atoms with Crippen molar-refractivity contribution in [2.24, 2.45) is 5.92 Å². The van der Waals surface area contributed by atoms with E-state index in [0.29, 0.717) is 24.1 Å². The molecule has 0 saturated heterocycles. The maximum atomic E-state index is 12.2. The first-order valence-electron chi connectivity index (χ1n) is 7.38. The van der Waals surface area contributed by atoms with Crippen LogP contribution >= 0.6 is 0 Å². The van der Waals surface area contributed by atoms with E-state index in [1.165, 1.54) is 0 Å². The number of amides is 2. The molecule has 114 valence electrons. The van der Waals surface area contributed by atoms with Gasteiger partial charge in [-0.2, -0.15) is 0 Å². The second kappa shape index (κ2) is 6.72. The molecule has 0 aliphatic heterocycles. The van der Waals surface area contributed by atoms with Crippen LogP contribution in [0.1, 0.15) is 43.5 Å². The molecule has 0 bridgehead atoms. The summed E-state index contributed by atoms with van der Waals surface area (Å²) in [7, 11) is 0. The molecule has 2 atom stereocenters. The number of benzene rings is 1. The number of para-hydroxylation sites is 1. The first kappa shape index (κ1) is 15.5. The van der Waals surface area contributed by atoms with Crippen molar-refractivity contribution in [3.63, 3.8) is 0 Å². The predicted molar refractivity (Wildman–Crippen MR) is 81.0 cm³/mol. The molecule has 1 aromatic carbocycles. The van der Waals surface area contributed by atoms with Gasteiger partial charge in [-0.1, -0.05) is 12.1 Å². The molecule has 1 aliphatic carbocycles. The molecule has 2 unspecified atom stereocenters. The molecular formula is C16H22N2O3. The summed E-state index contributed by atoms with van der Waals surface area (Å²) < 4.78 is 0. The van der Waals surface area contributed by atoms with E-state index in [1.807, 2.05) is 13.8 Å². The molecule has 1 aromatic rings. The van der Waals surface area contributed by atoms with E-state index in [0.717, 1.165) is 6.42 Å². The minimum Gasteiger partial charge on any atom is -0.392 e. The Labute approximate surface area is 124 Å². The number of carbonyl (C=O) groups is 2. The maximum absolute atomic E-state index is 12.2. The van der Waals surface area contributed by atoms with Crippen LogP contribution in [-0.2, 0) is 4.79 Å². The fourth-order valence-electron chi connectivity index (χ4n) is 2.60. The Hall–Kier alpha value is -1.88. The molecule has 1 saturated carbocycles. The Morgan fingerprint density at radius 3 is 2.57 bits per heavy atom. The van der Waals surface area contributed by atoms with Crippen LogP contribution in [-0.4, -0.2) is 29.1 Å². The van der Waals surface area contributed by atoms with E-state index >= 15 is 0 Å². The van der Waals surface area contributed by atoms with Crippen molar-refractivity contribution >= 4 is 17.5 Å². The lowest BCUT2D eigenvalue weighted by Crippen LogP contribution is -2.32. The summed E-state index contributed by atoms with van der Waals surface area (Å²) in [6.07, 6.45) is 1.62. The highest BCUT2D eigenvalue weighted by Gasteiger charge is 2.31. The highest BCUT2D eigenvalue weighted by atomic mass is 16.3. The first-order chi connectivity index (χ1) is 9.99. The molecule has 5 heteroatoms. The van der Waals surface area contributed by atoms with Crippen LogP contribution in [0.3, 0.4) is 0 Å². The second-order valence-corrected chi connectivity index (χ2v) is 5.77. The van der Waals surface area contributed by atoms with Gasteiger partial charge in [0.15, 0.2) is 0 Å². The fourth-order valence-corrected chi connectivity index (χ4v) is 2.60. The number of anilines is 1. The van der Waals surface area contributed by atoms with Crippen LogP contribution in [0.25, 0.3) is 0 Å². The molecule has 1 aliphatic rings. The van der Waals surface area contributed by atoms with E-state index in [2.05, 4.69) is 10.6 Å². The van der Waals surface area contributed by atoms with Crippen molar-refractivity contribution in [3.8, 4) is 0 Å². The zero-order chi connectivity index (χ0) is 15.4. The Kier molecular flexibility index (Phi) is 4.96. The molecule has 2 rings (SSSR count). The minimum absolute atomic E-state index is 0.0258. The summed E-state index contributed by atoms with van der Waals surface area (Å²) in [4.78, 5) is 24.4. The number of hydrogen-bond acceptors (Lipinski definition) is 3. The van der Waals surface area contributed by atoms with Gasteiger partial charge in [-0.25, -0.2) is 0 Å². The SMILES string of the molecule is CC(C)NC(=O)c1ccccc1NC(=O)C1CCCC1O. The summed E-state index contributed by atoms with van der Waals surface area (Å²) in [5.74, 6) is -0.816. The van der Waals surface area contributed by atoms with Gasteiger partial charge in [0.1, 0.15) is 0 Å². The standard InChI is InChI=1S/C16H22N2O3/c1-10(2)17-15(20)11-6-3-4-8-13(11)18-16(21)12-7-5-9-14(12)19/h3-4,6,8,10,12,14,19H,5,7,9H2,1-2H3,(H,17,20)(H,18,21). The monoisotopic (exact) mass is 290 g/mol. The Bertz CT molecular complexity index is 528. The van der Waals surface area contributed by atoms with Gasteiger partial charge in [0, 0.05) is 6.04 Å². The highest BCUT2D eigenvalue weighted by molar-refractivity contribution is 6.04. The van der Waals surface area contributed by atoms with Crippen LogP contribution in [0.15, 0.2) is 24.3 Å². The molecule has 0 radical (unpaired) electrons. The van der Waals surface area contributed by atoms with Crippen LogP contribution in [0.4, 0.5) is 5.69 Å². The van der Waals surface area contributed by atoms with E-state index in [4.69, 9.17) is 0 Å². The van der Waals surface area contributed by atoms with Crippen molar-refractivity contribution in [3.05, 3.63) is 29.8 Å². The maximum Gasteiger partial charge on any atom is 0.253 e.